The number of aromatic nitrogens is 1. The van der Waals surface area contributed by atoms with E-state index in [1.165, 1.54) is 24.3 Å². The molecule has 0 unspecified atom stereocenters. The molecule has 0 bridgehead atoms. The first-order valence-corrected chi connectivity index (χ1v) is 9.19. The highest BCUT2D eigenvalue weighted by atomic mass is 19.1. The highest BCUT2D eigenvalue weighted by Gasteiger charge is 2.09. The minimum absolute atomic E-state index is 0.115. The van der Waals surface area contributed by atoms with Gasteiger partial charge in [-0.1, -0.05) is 18.2 Å². The highest BCUT2D eigenvalue weighted by molar-refractivity contribution is 5.96. The zero-order valence-electron chi connectivity index (χ0n) is 15.3. The Morgan fingerprint density at radius 1 is 1.00 bits per heavy atom. The van der Waals surface area contributed by atoms with Crippen LogP contribution in [0.4, 0.5) is 4.39 Å². The number of nitrogens with one attached hydrogen (secondary N) is 2. The molecule has 0 atom stereocenters. The van der Waals surface area contributed by atoms with Crippen LogP contribution in [0.1, 0.15) is 35.2 Å². The van der Waals surface area contributed by atoms with Crippen molar-refractivity contribution in [1.29, 1.82) is 0 Å². The molecule has 3 aromatic rings. The normalized spacial score (nSPS) is 10.8. The number of para-hydroxylation sites is 1. The summed E-state index contributed by atoms with van der Waals surface area (Å²) in [5, 5.41) is 3.72. The average molecular weight is 380 g/mol. The fraction of sp³-hybridized carbons (Fsp3) is 0.227. The van der Waals surface area contributed by atoms with Crippen LogP contribution in [0.15, 0.2) is 59.4 Å². The van der Waals surface area contributed by atoms with Crippen LogP contribution in [0.5, 0.6) is 0 Å². The monoisotopic (exact) mass is 380 g/mol. The van der Waals surface area contributed by atoms with Crippen molar-refractivity contribution in [2.75, 3.05) is 6.54 Å². The molecule has 0 spiro atoms. The quantitative estimate of drug-likeness (QED) is 0.588. The van der Waals surface area contributed by atoms with Gasteiger partial charge < -0.3 is 10.3 Å². The first-order chi connectivity index (χ1) is 13.5. The lowest BCUT2D eigenvalue weighted by molar-refractivity contribution is -0.121. The van der Waals surface area contributed by atoms with Gasteiger partial charge in [-0.15, -0.1) is 0 Å². The lowest BCUT2D eigenvalue weighted by atomic mass is 10.1. The van der Waals surface area contributed by atoms with Gasteiger partial charge in [-0.25, -0.2) is 4.39 Å². The minimum Gasteiger partial charge on any atom is -0.356 e. The number of H-pyrrole nitrogens is 1. The molecule has 2 N–H and O–H groups in total. The molecule has 0 aliphatic carbocycles. The summed E-state index contributed by atoms with van der Waals surface area (Å²) in [5.74, 6) is -0.666. The molecule has 0 radical (unpaired) electrons. The molecule has 6 heteroatoms. The van der Waals surface area contributed by atoms with Crippen LogP contribution >= 0.6 is 0 Å². The fourth-order valence-corrected chi connectivity index (χ4v) is 2.99. The number of carbonyl (C=O) groups is 2. The van der Waals surface area contributed by atoms with Crippen molar-refractivity contribution in [3.05, 3.63) is 81.9 Å². The lowest BCUT2D eigenvalue weighted by Crippen LogP contribution is -2.27. The minimum atomic E-state index is -0.388. The lowest BCUT2D eigenvalue weighted by Gasteiger charge is -2.06. The number of ketones is 1. The van der Waals surface area contributed by atoms with E-state index in [2.05, 4.69) is 10.3 Å². The van der Waals surface area contributed by atoms with E-state index in [0.29, 0.717) is 30.5 Å². The summed E-state index contributed by atoms with van der Waals surface area (Å²) in [5.41, 5.74) is 1.69. The molecule has 1 heterocycles. The summed E-state index contributed by atoms with van der Waals surface area (Å²) in [4.78, 5) is 38.8. The summed E-state index contributed by atoms with van der Waals surface area (Å²) in [6.07, 6.45) is 1.30. The molecule has 2 aromatic carbocycles. The number of carbonyl (C=O) groups excluding carboxylic acids is 2. The van der Waals surface area contributed by atoms with Gasteiger partial charge in [0.15, 0.2) is 5.78 Å². The van der Waals surface area contributed by atoms with E-state index in [1.807, 2.05) is 30.3 Å². The third kappa shape index (κ3) is 5.13. The van der Waals surface area contributed by atoms with Crippen molar-refractivity contribution < 1.29 is 14.0 Å². The van der Waals surface area contributed by atoms with Gasteiger partial charge in [0.05, 0.1) is 0 Å². The molecule has 144 valence electrons. The van der Waals surface area contributed by atoms with E-state index in [1.54, 1.807) is 0 Å². The van der Waals surface area contributed by atoms with E-state index in [9.17, 15) is 18.8 Å². The number of amides is 1. The third-order valence-corrected chi connectivity index (χ3v) is 4.52. The second-order valence-electron chi connectivity index (χ2n) is 6.59. The number of hydrogen-bond acceptors (Lipinski definition) is 3. The predicted octanol–water partition coefficient (Wildman–Crippen LogP) is 3.38. The van der Waals surface area contributed by atoms with Crippen molar-refractivity contribution in [3.63, 3.8) is 0 Å². The maximum absolute atomic E-state index is 12.9. The number of pyridine rings is 1. The molecule has 3 rings (SSSR count). The molecule has 0 fully saturated rings. The van der Waals surface area contributed by atoms with Crippen LogP contribution in [0.3, 0.4) is 0 Å². The van der Waals surface area contributed by atoms with Gasteiger partial charge in [0.2, 0.25) is 5.91 Å². The van der Waals surface area contributed by atoms with Crippen molar-refractivity contribution in [1.82, 2.24) is 10.3 Å². The van der Waals surface area contributed by atoms with Gasteiger partial charge in [0.1, 0.15) is 5.82 Å². The van der Waals surface area contributed by atoms with E-state index in [4.69, 9.17) is 0 Å². The maximum atomic E-state index is 12.9. The highest BCUT2D eigenvalue weighted by Crippen LogP contribution is 2.10. The first-order valence-electron chi connectivity index (χ1n) is 9.19. The fourth-order valence-electron chi connectivity index (χ4n) is 2.99. The topological polar surface area (TPSA) is 79.0 Å². The van der Waals surface area contributed by atoms with Crippen LogP contribution in [0.25, 0.3) is 10.9 Å². The maximum Gasteiger partial charge on any atom is 0.251 e. The average Bonchev–Trinajstić information content (AvgIpc) is 2.69. The molecule has 5 nitrogen and oxygen atoms in total. The Kier molecular flexibility index (Phi) is 6.32. The largest absolute Gasteiger partial charge is 0.356 e. The van der Waals surface area contributed by atoms with Crippen LogP contribution < -0.4 is 10.9 Å². The van der Waals surface area contributed by atoms with Crippen LogP contribution in [0.2, 0.25) is 0 Å². The Morgan fingerprint density at radius 2 is 1.75 bits per heavy atom. The van der Waals surface area contributed by atoms with E-state index >= 15 is 0 Å². The van der Waals surface area contributed by atoms with Crippen LogP contribution in [-0.2, 0) is 11.2 Å². The number of benzene rings is 2. The zero-order chi connectivity index (χ0) is 19.9. The van der Waals surface area contributed by atoms with E-state index < -0.39 is 0 Å². The number of fused-ring (bicyclic) bond motifs is 1. The van der Waals surface area contributed by atoms with Crippen LogP contribution in [0, 0.1) is 5.82 Å². The van der Waals surface area contributed by atoms with Crippen molar-refractivity contribution in [3.8, 4) is 0 Å². The summed E-state index contributed by atoms with van der Waals surface area (Å²) in [7, 11) is 0. The standard InChI is InChI=1S/C22H21FN2O3/c23-18-10-8-15(9-11-18)20(26)6-3-7-21(27)24-13-12-17-14-16-4-1-2-5-19(16)25-22(17)28/h1-2,4-5,8-11,14H,3,6-7,12-13H2,(H,24,27)(H,25,28). The van der Waals surface area contributed by atoms with Gasteiger partial charge >= 0.3 is 0 Å². The van der Waals surface area contributed by atoms with Gasteiger partial charge in [-0.05, 0) is 54.6 Å². The molecule has 1 amide bonds. The SMILES string of the molecule is O=C(CCCC(=O)c1ccc(F)cc1)NCCc1cc2ccccc2[nH]c1=O. The number of hydrogen-bond donors (Lipinski definition) is 2. The Bertz CT molecular complexity index is 1040. The van der Waals surface area contributed by atoms with Crippen molar-refractivity contribution >= 4 is 22.6 Å². The van der Waals surface area contributed by atoms with Gasteiger partial charge in [-0.3, -0.25) is 14.4 Å². The number of rotatable bonds is 8. The molecule has 28 heavy (non-hydrogen) atoms. The summed E-state index contributed by atoms with van der Waals surface area (Å²) < 4.78 is 12.9. The van der Waals surface area contributed by atoms with Gasteiger partial charge in [-0.2, -0.15) is 0 Å². The molecular weight excluding hydrogens is 359 g/mol. The van der Waals surface area contributed by atoms with E-state index in [0.717, 1.165) is 10.9 Å². The predicted molar refractivity (Wildman–Crippen MR) is 106 cm³/mol. The smallest absolute Gasteiger partial charge is 0.251 e. The molecule has 0 aliphatic rings. The van der Waals surface area contributed by atoms with Crippen molar-refractivity contribution in [2.45, 2.75) is 25.7 Å². The number of Topliss-reactive ketones (excluding diaryl/α,β-unsaturated/α-hetero) is 1. The summed E-state index contributed by atoms with van der Waals surface area (Å²) in [6, 6.07) is 14.7. The molecule has 0 saturated carbocycles. The number of halogens is 1. The summed E-state index contributed by atoms with van der Waals surface area (Å²) >= 11 is 0. The molecule has 0 saturated heterocycles. The van der Waals surface area contributed by atoms with E-state index in [-0.39, 0.29) is 35.9 Å². The number of aromatic amines is 1. The molecule has 0 aliphatic heterocycles. The Hall–Kier alpha value is -3.28. The second-order valence-corrected chi connectivity index (χ2v) is 6.59. The summed E-state index contributed by atoms with van der Waals surface area (Å²) in [6.45, 7) is 0.353. The molecule has 1 aromatic heterocycles. The first kappa shape index (κ1) is 19.5. The molecular formula is C22H21FN2O3. The third-order valence-electron chi connectivity index (χ3n) is 4.52. The van der Waals surface area contributed by atoms with Crippen LogP contribution in [-0.4, -0.2) is 23.2 Å². The Balaban J connectivity index is 1.42. The van der Waals surface area contributed by atoms with Gasteiger partial charge in [0, 0.05) is 36.0 Å². The second kappa shape index (κ2) is 9.08. The van der Waals surface area contributed by atoms with Crippen molar-refractivity contribution in [2.24, 2.45) is 0 Å². The Morgan fingerprint density at radius 3 is 2.54 bits per heavy atom. The Labute approximate surface area is 161 Å². The van der Waals surface area contributed by atoms with Gasteiger partial charge in [0.25, 0.3) is 5.56 Å². The zero-order valence-corrected chi connectivity index (χ0v) is 15.3.